The summed E-state index contributed by atoms with van der Waals surface area (Å²) < 4.78 is 0. The van der Waals surface area contributed by atoms with Crippen LogP contribution in [0.15, 0.2) is 54.6 Å². The van der Waals surface area contributed by atoms with Crippen molar-refractivity contribution in [3.63, 3.8) is 0 Å². The quantitative estimate of drug-likeness (QED) is 0.895. The number of phenolic OH excluding ortho intramolecular Hbond substituents is 1. The Morgan fingerprint density at radius 1 is 1.10 bits per heavy atom. The molecule has 2 aromatic carbocycles. The molecule has 1 aliphatic carbocycles. The van der Waals surface area contributed by atoms with E-state index in [1.165, 1.54) is 5.56 Å². The van der Waals surface area contributed by atoms with E-state index in [4.69, 9.17) is 0 Å². The molecular weight excluding hydrogens is 250 g/mol. The molecule has 0 heterocycles. The number of nitrogens with one attached hydrogen (secondary N) is 1. The first kappa shape index (κ1) is 12.7. The summed E-state index contributed by atoms with van der Waals surface area (Å²) in [5, 5.41) is 12.6. The summed E-state index contributed by atoms with van der Waals surface area (Å²) in [6.45, 7) is 0.378. The first-order chi connectivity index (χ1) is 9.75. The van der Waals surface area contributed by atoms with Crippen LogP contribution in [0.5, 0.6) is 5.75 Å². The molecule has 2 atom stereocenters. The van der Waals surface area contributed by atoms with Crippen LogP contribution in [0.2, 0.25) is 0 Å². The number of aromatic hydroxyl groups is 1. The topological polar surface area (TPSA) is 49.3 Å². The predicted octanol–water partition coefficient (Wildman–Crippen LogP) is 2.81. The van der Waals surface area contributed by atoms with Gasteiger partial charge in [0, 0.05) is 18.0 Å². The van der Waals surface area contributed by atoms with E-state index in [0.717, 1.165) is 12.0 Å². The Kier molecular flexibility index (Phi) is 3.42. The van der Waals surface area contributed by atoms with E-state index in [1.54, 1.807) is 12.1 Å². The fourth-order valence-corrected chi connectivity index (χ4v) is 2.53. The highest BCUT2D eigenvalue weighted by atomic mass is 16.3. The van der Waals surface area contributed by atoms with Crippen molar-refractivity contribution in [2.45, 2.75) is 18.9 Å². The molecule has 0 radical (unpaired) electrons. The van der Waals surface area contributed by atoms with Crippen LogP contribution in [0, 0.1) is 5.92 Å². The summed E-state index contributed by atoms with van der Waals surface area (Å²) in [6, 6.07) is 17.2. The molecule has 0 aromatic heterocycles. The van der Waals surface area contributed by atoms with E-state index >= 15 is 0 Å². The molecular formula is C17H17NO2. The summed E-state index contributed by atoms with van der Waals surface area (Å²) in [7, 11) is 0. The second-order valence-electron chi connectivity index (χ2n) is 5.21. The summed E-state index contributed by atoms with van der Waals surface area (Å²) in [4.78, 5) is 12.1. The van der Waals surface area contributed by atoms with Crippen LogP contribution in [-0.2, 0) is 11.3 Å². The highest BCUT2D eigenvalue weighted by molar-refractivity contribution is 5.82. The Morgan fingerprint density at radius 2 is 1.80 bits per heavy atom. The smallest absolute Gasteiger partial charge is 0.224 e. The van der Waals surface area contributed by atoms with E-state index in [2.05, 4.69) is 17.4 Å². The molecule has 0 aliphatic heterocycles. The van der Waals surface area contributed by atoms with Gasteiger partial charge in [-0.1, -0.05) is 48.5 Å². The van der Waals surface area contributed by atoms with Gasteiger partial charge in [0.15, 0.2) is 0 Å². The Morgan fingerprint density at radius 3 is 2.55 bits per heavy atom. The Labute approximate surface area is 118 Å². The number of carbonyl (C=O) groups is 1. The minimum atomic E-state index is 0.0714. The molecule has 3 heteroatoms. The molecule has 1 aliphatic rings. The molecule has 1 fully saturated rings. The largest absolute Gasteiger partial charge is 0.508 e. The number of para-hydroxylation sites is 1. The Balaban J connectivity index is 1.56. The van der Waals surface area contributed by atoms with Gasteiger partial charge in [-0.25, -0.2) is 0 Å². The highest BCUT2D eigenvalue weighted by Gasteiger charge is 2.43. The van der Waals surface area contributed by atoms with Crippen molar-refractivity contribution in [1.82, 2.24) is 5.32 Å². The van der Waals surface area contributed by atoms with E-state index in [-0.39, 0.29) is 17.6 Å². The first-order valence-corrected chi connectivity index (χ1v) is 6.85. The zero-order valence-electron chi connectivity index (χ0n) is 11.1. The van der Waals surface area contributed by atoms with Gasteiger partial charge < -0.3 is 10.4 Å². The summed E-state index contributed by atoms with van der Waals surface area (Å²) in [6.07, 6.45) is 0.913. The van der Waals surface area contributed by atoms with Crippen LogP contribution < -0.4 is 5.32 Å². The minimum Gasteiger partial charge on any atom is -0.508 e. The maximum atomic E-state index is 12.1. The number of carbonyl (C=O) groups excluding carboxylic acids is 1. The zero-order valence-corrected chi connectivity index (χ0v) is 11.1. The third kappa shape index (κ3) is 2.67. The Bertz CT molecular complexity index is 609. The van der Waals surface area contributed by atoms with Gasteiger partial charge in [-0.2, -0.15) is 0 Å². The van der Waals surface area contributed by atoms with Crippen LogP contribution in [-0.4, -0.2) is 11.0 Å². The van der Waals surface area contributed by atoms with E-state index in [9.17, 15) is 9.90 Å². The second kappa shape index (κ2) is 5.37. The van der Waals surface area contributed by atoms with Crippen molar-refractivity contribution in [3.8, 4) is 5.75 Å². The third-order valence-corrected chi connectivity index (χ3v) is 3.80. The number of hydrogen-bond donors (Lipinski definition) is 2. The van der Waals surface area contributed by atoms with Crippen LogP contribution in [0.1, 0.15) is 23.5 Å². The standard InChI is InChI=1S/C17H17NO2/c19-16-9-5-4-8-13(16)11-18-17(20)15-10-14(15)12-6-2-1-3-7-12/h1-9,14-15,19H,10-11H2,(H,18,20)/t14-,15+/m0/s1. The van der Waals surface area contributed by atoms with Gasteiger partial charge in [-0.05, 0) is 24.0 Å². The maximum absolute atomic E-state index is 12.1. The lowest BCUT2D eigenvalue weighted by Crippen LogP contribution is -2.24. The van der Waals surface area contributed by atoms with Crippen molar-refractivity contribution in [2.75, 3.05) is 0 Å². The van der Waals surface area contributed by atoms with Gasteiger partial charge in [0.05, 0.1) is 0 Å². The molecule has 20 heavy (non-hydrogen) atoms. The number of amides is 1. The molecule has 2 N–H and O–H groups in total. The average Bonchev–Trinajstić information content (AvgIpc) is 3.28. The fraction of sp³-hybridized carbons (Fsp3) is 0.235. The van der Waals surface area contributed by atoms with Gasteiger partial charge in [0.25, 0.3) is 0 Å². The summed E-state index contributed by atoms with van der Waals surface area (Å²) in [5.74, 6) is 0.717. The third-order valence-electron chi connectivity index (χ3n) is 3.80. The number of benzene rings is 2. The molecule has 1 saturated carbocycles. The predicted molar refractivity (Wildman–Crippen MR) is 77.2 cm³/mol. The fourth-order valence-electron chi connectivity index (χ4n) is 2.53. The molecule has 2 aromatic rings. The monoisotopic (exact) mass is 267 g/mol. The lowest BCUT2D eigenvalue weighted by Gasteiger charge is -2.06. The van der Waals surface area contributed by atoms with Gasteiger partial charge in [0.2, 0.25) is 5.91 Å². The molecule has 1 amide bonds. The van der Waals surface area contributed by atoms with Crippen LogP contribution in [0.25, 0.3) is 0 Å². The van der Waals surface area contributed by atoms with Gasteiger partial charge in [-0.3, -0.25) is 4.79 Å². The molecule has 0 saturated heterocycles. The number of phenols is 1. The van der Waals surface area contributed by atoms with Crippen molar-refractivity contribution in [3.05, 3.63) is 65.7 Å². The lowest BCUT2D eigenvalue weighted by molar-refractivity contribution is -0.122. The normalized spacial score (nSPS) is 20.4. The lowest BCUT2D eigenvalue weighted by atomic mass is 10.1. The van der Waals surface area contributed by atoms with E-state index in [0.29, 0.717) is 12.5 Å². The van der Waals surface area contributed by atoms with Crippen molar-refractivity contribution >= 4 is 5.91 Å². The van der Waals surface area contributed by atoms with Gasteiger partial charge in [0.1, 0.15) is 5.75 Å². The summed E-state index contributed by atoms with van der Waals surface area (Å²) in [5.41, 5.74) is 1.98. The maximum Gasteiger partial charge on any atom is 0.224 e. The zero-order chi connectivity index (χ0) is 13.9. The van der Waals surface area contributed by atoms with Crippen molar-refractivity contribution in [1.29, 1.82) is 0 Å². The second-order valence-corrected chi connectivity index (χ2v) is 5.21. The van der Waals surface area contributed by atoms with E-state index < -0.39 is 0 Å². The number of hydrogen-bond acceptors (Lipinski definition) is 2. The molecule has 102 valence electrons. The molecule has 0 bridgehead atoms. The molecule has 0 unspecified atom stereocenters. The van der Waals surface area contributed by atoms with Crippen molar-refractivity contribution in [2.24, 2.45) is 5.92 Å². The van der Waals surface area contributed by atoms with Crippen LogP contribution in [0.3, 0.4) is 0 Å². The highest BCUT2D eigenvalue weighted by Crippen LogP contribution is 2.47. The molecule has 3 rings (SSSR count). The molecule has 0 spiro atoms. The Hall–Kier alpha value is -2.29. The minimum absolute atomic E-state index is 0.0714. The van der Waals surface area contributed by atoms with Gasteiger partial charge in [-0.15, -0.1) is 0 Å². The molecule has 3 nitrogen and oxygen atoms in total. The van der Waals surface area contributed by atoms with E-state index in [1.807, 2.05) is 30.3 Å². The number of rotatable bonds is 4. The van der Waals surface area contributed by atoms with Crippen LogP contribution >= 0.6 is 0 Å². The van der Waals surface area contributed by atoms with Gasteiger partial charge >= 0.3 is 0 Å². The first-order valence-electron chi connectivity index (χ1n) is 6.85. The average molecular weight is 267 g/mol. The summed E-state index contributed by atoms with van der Waals surface area (Å²) >= 11 is 0. The SMILES string of the molecule is O=C(NCc1ccccc1O)[C@@H]1C[C@H]1c1ccccc1. The van der Waals surface area contributed by atoms with Crippen molar-refractivity contribution < 1.29 is 9.90 Å². The van der Waals surface area contributed by atoms with Crippen LogP contribution in [0.4, 0.5) is 0 Å².